The first-order chi connectivity index (χ1) is 21.0. The molecule has 0 heterocycles. The van der Waals surface area contributed by atoms with Crippen molar-refractivity contribution in [1.29, 1.82) is 0 Å². The van der Waals surface area contributed by atoms with Crippen molar-refractivity contribution >= 4 is 51.4 Å². The molecule has 0 saturated carbocycles. The molecule has 0 bridgehead atoms. The molecule has 2 amide bonds. The van der Waals surface area contributed by atoms with E-state index in [1.807, 2.05) is 6.07 Å². The molecule has 224 valence electrons. The first-order valence-corrected chi connectivity index (χ1v) is 13.2. The molecule has 7 nitrogen and oxygen atoms in total. The van der Waals surface area contributed by atoms with Crippen LogP contribution in [0.2, 0.25) is 0 Å². The van der Waals surface area contributed by atoms with E-state index >= 15 is 0 Å². The molecule has 0 aliphatic rings. The molecule has 5 aromatic carbocycles. The fraction of sp³-hybridized carbons (Fsp3) is 0. The van der Waals surface area contributed by atoms with Crippen LogP contribution in [0.4, 0.5) is 35.9 Å². The Morgan fingerprint density at radius 3 is 1.16 bits per heavy atom. The summed E-state index contributed by atoms with van der Waals surface area (Å²) in [6, 6.07) is 29.1. The second-order valence-corrected chi connectivity index (χ2v) is 9.30. The molecule has 5 rings (SSSR count). The third kappa shape index (κ3) is 11.0. The van der Waals surface area contributed by atoms with E-state index in [0.29, 0.717) is 39.4 Å². The summed E-state index contributed by atoms with van der Waals surface area (Å²) < 4.78 is 38.0. The van der Waals surface area contributed by atoms with Gasteiger partial charge in [-0.25, -0.2) is 13.2 Å². The van der Waals surface area contributed by atoms with Crippen molar-refractivity contribution < 1.29 is 27.6 Å². The van der Waals surface area contributed by atoms with E-state index < -0.39 is 28.7 Å². The average Bonchev–Trinajstić information content (AvgIpc) is 2.99. The van der Waals surface area contributed by atoms with Gasteiger partial charge in [-0.1, -0.05) is 12.1 Å². The summed E-state index contributed by atoms with van der Waals surface area (Å²) in [5.41, 5.74) is 14.1. The van der Waals surface area contributed by atoms with Crippen molar-refractivity contribution in [3.05, 3.63) is 155 Å². The lowest BCUT2D eigenvalue weighted by molar-refractivity contribution is 0.101. The van der Waals surface area contributed by atoms with E-state index in [9.17, 15) is 27.6 Å². The van der Waals surface area contributed by atoms with E-state index in [1.165, 1.54) is 72.8 Å². The molecule has 0 atom stereocenters. The highest BCUT2D eigenvalue weighted by atomic mass is 35.5. The summed E-state index contributed by atoms with van der Waals surface area (Å²) in [5, 5.41) is 4.78. The van der Waals surface area contributed by atoms with Crippen LogP contribution in [0.5, 0.6) is 0 Å². The van der Waals surface area contributed by atoms with Gasteiger partial charge >= 0.3 is 0 Å². The Balaban J connectivity index is 0.000000238. The molecule has 0 radical (unpaired) electrons. The molecule has 11 heteroatoms. The number of carbonyl (C=O) groups excluding carboxylic acids is 3. The van der Waals surface area contributed by atoms with Gasteiger partial charge in [-0.2, -0.15) is 0 Å². The molecular weight excluding hydrogens is 593 g/mol. The van der Waals surface area contributed by atoms with E-state index in [4.69, 9.17) is 23.1 Å². The first kappa shape index (κ1) is 32.9. The number of carbonyl (C=O) groups is 3. The van der Waals surface area contributed by atoms with Crippen molar-refractivity contribution in [2.24, 2.45) is 0 Å². The van der Waals surface area contributed by atoms with Gasteiger partial charge in [0.1, 0.15) is 17.5 Å². The van der Waals surface area contributed by atoms with E-state index in [1.54, 1.807) is 42.5 Å². The Morgan fingerprint density at radius 1 is 0.500 bits per heavy atom. The molecular formula is C33H26ClF3N4O3. The first-order valence-electron chi connectivity index (χ1n) is 12.8. The SMILES string of the molecule is Nc1cccc(N)c1.O=C(Cl)c1ccc(F)cc1.O=C(Nc1cccc(NC(=O)c2ccc(F)cc2)c1)c1ccc(F)cc1. The number of hydrogen-bond acceptors (Lipinski definition) is 5. The van der Waals surface area contributed by atoms with Gasteiger partial charge in [0.2, 0.25) is 0 Å². The van der Waals surface area contributed by atoms with E-state index in [2.05, 4.69) is 10.6 Å². The lowest BCUT2D eigenvalue weighted by Gasteiger charge is -2.09. The lowest BCUT2D eigenvalue weighted by atomic mass is 10.2. The lowest BCUT2D eigenvalue weighted by Crippen LogP contribution is -2.14. The number of amides is 2. The van der Waals surface area contributed by atoms with E-state index in [-0.39, 0.29) is 5.82 Å². The summed E-state index contributed by atoms with van der Waals surface area (Å²) in [4.78, 5) is 34.7. The average molecular weight is 619 g/mol. The Kier molecular flexibility index (Phi) is 12.1. The Labute approximate surface area is 256 Å². The molecule has 44 heavy (non-hydrogen) atoms. The molecule has 0 aliphatic carbocycles. The zero-order valence-corrected chi connectivity index (χ0v) is 23.7. The van der Waals surface area contributed by atoms with Gasteiger partial charge in [0.05, 0.1) is 0 Å². The van der Waals surface area contributed by atoms with Crippen molar-refractivity contribution in [3.63, 3.8) is 0 Å². The fourth-order valence-electron chi connectivity index (χ4n) is 3.42. The number of nitrogens with two attached hydrogens (primary N) is 2. The Morgan fingerprint density at radius 2 is 0.841 bits per heavy atom. The van der Waals surface area contributed by atoms with Gasteiger partial charge in [-0.15, -0.1) is 0 Å². The summed E-state index contributed by atoms with van der Waals surface area (Å²) in [7, 11) is 0. The zero-order valence-electron chi connectivity index (χ0n) is 22.9. The highest BCUT2D eigenvalue weighted by Gasteiger charge is 2.09. The minimum atomic E-state index is -0.569. The van der Waals surface area contributed by atoms with Crippen LogP contribution in [0.1, 0.15) is 31.1 Å². The van der Waals surface area contributed by atoms with Crippen molar-refractivity contribution in [2.75, 3.05) is 22.1 Å². The van der Waals surface area contributed by atoms with Crippen LogP contribution < -0.4 is 22.1 Å². The zero-order chi connectivity index (χ0) is 32.1. The third-order valence-corrected chi connectivity index (χ3v) is 5.79. The Hall–Kier alpha value is -5.61. The van der Waals surface area contributed by atoms with Crippen molar-refractivity contribution in [2.45, 2.75) is 0 Å². The highest BCUT2D eigenvalue weighted by Crippen LogP contribution is 2.17. The van der Waals surface area contributed by atoms with Gasteiger partial charge in [-0.3, -0.25) is 14.4 Å². The van der Waals surface area contributed by atoms with Crippen LogP contribution in [0.25, 0.3) is 0 Å². The minimum Gasteiger partial charge on any atom is -0.399 e. The number of benzene rings is 5. The number of hydrogen-bond donors (Lipinski definition) is 4. The maximum absolute atomic E-state index is 12.9. The highest BCUT2D eigenvalue weighted by molar-refractivity contribution is 6.67. The van der Waals surface area contributed by atoms with Crippen LogP contribution >= 0.6 is 11.6 Å². The number of nitrogen functional groups attached to an aromatic ring is 2. The standard InChI is InChI=1S/C20H14F2N2O2.C7H4ClFO.C6H8N2/c21-15-8-4-13(5-9-15)19(25)23-17-2-1-3-18(12-17)24-20(26)14-6-10-16(22)11-7-14;8-7(10)5-1-3-6(9)4-2-5;7-5-2-1-3-6(8)4-5/h1-12H,(H,23,25)(H,24,26);1-4H;1-4H,7-8H2. The maximum Gasteiger partial charge on any atom is 0.255 e. The third-order valence-electron chi connectivity index (χ3n) is 5.57. The predicted molar refractivity (Wildman–Crippen MR) is 167 cm³/mol. The van der Waals surface area contributed by atoms with Gasteiger partial charge < -0.3 is 22.1 Å². The normalized spacial score (nSPS) is 9.82. The predicted octanol–water partition coefficient (Wildman–Crippen LogP) is 7.53. The monoisotopic (exact) mass is 618 g/mol. The van der Waals surface area contributed by atoms with Crippen LogP contribution in [0, 0.1) is 17.5 Å². The quantitative estimate of drug-likeness (QED) is 0.120. The largest absolute Gasteiger partial charge is 0.399 e. The molecule has 0 saturated heterocycles. The van der Waals surface area contributed by atoms with Gasteiger partial charge in [0.15, 0.2) is 0 Å². The van der Waals surface area contributed by atoms with Crippen LogP contribution in [0.15, 0.2) is 121 Å². The number of rotatable bonds is 5. The Bertz CT molecular complexity index is 1620. The van der Waals surface area contributed by atoms with Crippen LogP contribution in [-0.2, 0) is 0 Å². The molecule has 0 aliphatic heterocycles. The number of nitrogens with one attached hydrogen (secondary N) is 2. The molecule has 0 fully saturated rings. The minimum absolute atomic E-state index is 0.308. The van der Waals surface area contributed by atoms with Gasteiger partial charge in [-0.05, 0) is 121 Å². The topological polar surface area (TPSA) is 127 Å². The van der Waals surface area contributed by atoms with E-state index in [0.717, 1.165) is 0 Å². The summed E-state index contributed by atoms with van der Waals surface area (Å²) in [5.74, 6) is -2.01. The molecule has 0 aromatic heterocycles. The van der Waals surface area contributed by atoms with Crippen LogP contribution in [-0.4, -0.2) is 17.1 Å². The second kappa shape index (κ2) is 16.1. The summed E-state index contributed by atoms with van der Waals surface area (Å²) in [6.07, 6.45) is 0. The number of anilines is 4. The maximum atomic E-state index is 12.9. The van der Waals surface area contributed by atoms with Crippen molar-refractivity contribution in [1.82, 2.24) is 0 Å². The molecule has 0 spiro atoms. The molecule has 0 unspecified atom stereocenters. The number of halogens is 4. The smallest absolute Gasteiger partial charge is 0.255 e. The van der Waals surface area contributed by atoms with Crippen LogP contribution in [0.3, 0.4) is 0 Å². The molecule has 6 N–H and O–H groups in total. The van der Waals surface area contributed by atoms with Gasteiger partial charge in [0.25, 0.3) is 17.1 Å². The fourth-order valence-corrected chi connectivity index (χ4v) is 3.55. The second-order valence-electron chi connectivity index (χ2n) is 8.95. The van der Waals surface area contributed by atoms with Gasteiger partial charge in [0, 0.05) is 39.4 Å². The van der Waals surface area contributed by atoms with Crippen molar-refractivity contribution in [3.8, 4) is 0 Å². The summed E-state index contributed by atoms with van der Waals surface area (Å²) in [6.45, 7) is 0. The summed E-state index contributed by atoms with van der Waals surface area (Å²) >= 11 is 5.09. The molecule has 5 aromatic rings.